The highest BCUT2D eigenvalue weighted by atomic mass is 15.3. The maximum absolute atomic E-state index is 4.47. The quantitative estimate of drug-likeness (QED) is 0.878. The van der Waals surface area contributed by atoms with Crippen molar-refractivity contribution in [2.45, 2.75) is 33.5 Å². The first-order chi connectivity index (χ1) is 10.2. The van der Waals surface area contributed by atoms with Crippen molar-refractivity contribution in [3.8, 4) is 0 Å². The predicted molar refractivity (Wildman–Crippen MR) is 79.6 cm³/mol. The summed E-state index contributed by atoms with van der Waals surface area (Å²) in [6.07, 6.45) is 5.57. The standard InChI is InChI=1S/C14H21N7/c1-11(2)5-15-6-12-7-16-14(17-8-12)20-3-4-21-10-18-19-13(21)9-20/h7-8,10-11,15H,3-6,9H2,1-2H3. The van der Waals surface area contributed by atoms with Gasteiger partial charge >= 0.3 is 0 Å². The fraction of sp³-hybridized carbons (Fsp3) is 0.571. The molecule has 1 aliphatic heterocycles. The van der Waals surface area contributed by atoms with Gasteiger partial charge in [-0.2, -0.15) is 0 Å². The first-order valence-corrected chi connectivity index (χ1v) is 7.35. The molecule has 0 bridgehead atoms. The van der Waals surface area contributed by atoms with Crippen molar-refractivity contribution in [3.63, 3.8) is 0 Å². The molecule has 0 amide bonds. The number of nitrogens with zero attached hydrogens (tertiary/aromatic N) is 6. The topological polar surface area (TPSA) is 71.8 Å². The third-order valence-corrected chi connectivity index (χ3v) is 3.50. The highest BCUT2D eigenvalue weighted by Gasteiger charge is 2.19. The van der Waals surface area contributed by atoms with Crippen LogP contribution in [0.4, 0.5) is 5.95 Å². The van der Waals surface area contributed by atoms with Gasteiger partial charge in [0, 0.05) is 37.6 Å². The molecule has 1 N–H and O–H groups in total. The summed E-state index contributed by atoms with van der Waals surface area (Å²) in [5, 5.41) is 11.4. The van der Waals surface area contributed by atoms with E-state index in [2.05, 4.69) is 48.8 Å². The average Bonchev–Trinajstić information content (AvgIpc) is 2.95. The monoisotopic (exact) mass is 287 g/mol. The van der Waals surface area contributed by atoms with Crippen molar-refractivity contribution in [1.29, 1.82) is 0 Å². The number of hydrogen-bond acceptors (Lipinski definition) is 6. The minimum Gasteiger partial charge on any atom is -0.331 e. The van der Waals surface area contributed by atoms with Crippen molar-refractivity contribution in [2.24, 2.45) is 5.92 Å². The van der Waals surface area contributed by atoms with Crippen LogP contribution in [0.1, 0.15) is 25.2 Å². The number of hydrogen-bond donors (Lipinski definition) is 1. The highest BCUT2D eigenvalue weighted by Crippen LogP contribution is 2.15. The van der Waals surface area contributed by atoms with Gasteiger partial charge in [-0.25, -0.2) is 9.97 Å². The Morgan fingerprint density at radius 2 is 2.05 bits per heavy atom. The molecule has 0 fully saturated rings. The maximum atomic E-state index is 4.47. The van der Waals surface area contributed by atoms with Crippen LogP contribution in [0.25, 0.3) is 0 Å². The summed E-state index contributed by atoms with van der Waals surface area (Å²) < 4.78 is 2.07. The van der Waals surface area contributed by atoms with Crippen molar-refractivity contribution in [1.82, 2.24) is 30.0 Å². The van der Waals surface area contributed by atoms with Crippen LogP contribution >= 0.6 is 0 Å². The molecule has 21 heavy (non-hydrogen) atoms. The average molecular weight is 287 g/mol. The van der Waals surface area contributed by atoms with Crippen LogP contribution in [0.2, 0.25) is 0 Å². The molecule has 112 valence electrons. The Kier molecular flexibility index (Phi) is 4.10. The molecule has 0 aromatic carbocycles. The van der Waals surface area contributed by atoms with Crippen LogP contribution in [0.5, 0.6) is 0 Å². The SMILES string of the molecule is CC(C)CNCc1cnc(N2CCn3cnnc3C2)nc1. The third-order valence-electron chi connectivity index (χ3n) is 3.50. The zero-order valence-corrected chi connectivity index (χ0v) is 12.5. The van der Waals surface area contributed by atoms with Crippen LogP contribution in [-0.2, 0) is 19.6 Å². The molecule has 0 atom stereocenters. The lowest BCUT2D eigenvalue weighted by atomic mass is 10.2. The first-order valence-electron chi connectivity index (χ1n) is 7.35. The van der Waals surface area contributed by atoms with Gasteiger partial charge in [0.25, 0.3) is 0 Å². The maximum Gasteiger partial charge on any atom is 0.225 e. The molecule has 0 radical (unpaired) electrons. The van der Waals surface area contributed by atoms with E-state index in [0.717, 1.165) is 43.5 Å². The Labute approximate surface area is 124 Å². The Morgan fingerprint density at radius 3 is 2.81 bits per heavy atom. The van der Waals surface area contributed by atoms with Gasteiger partial charge in [0.15, 0.2) is 5.82 Å². The van der Waals surface area contributed by atoms with E-state index in [0.29, 0.717) is 12.5 Å². The number of aromatic nitrogens is 5. The predicted octanol–water partition coefficient (Wildman–Crippen LogP) is 0.834. The van der Waals surface area contributed by atoms with Gasteiger partial charge in [0.2, 0.25) is 5.95 Å². The summed E-state index contributed by atoms with van der Waals surface area (Å²) in [7, 11) is 0. The van der Waals surface area contributed by atoms with Gasteiger partial charge in [-0.05, 0) is 12.5 Å². The summed E-state index contributed by atoms with van der Waals surface area (Å²) in [6, 6.07) is 0. The van der Waals surface area contributed by atoms with E-state index in [-0.39, 0.29) is 0 Å². The van der Waals surface area contributed by atoms with E-state index in [4.69, 9.17) is 0 Å². The zero-order chi connectivity index (χ0) is 14.7. The van der Waals surface area contributed by atoms with Crippen molar-refractivity contribution in [2.75, 3.05) is 18.0 Å². The molecular formula is C14H21N7. The lowest BCUT2D eigenvalue weighted by Crippen LogP contribution is -2.34. The Bertz CT molecular complexity index is 575. The summed E-state index contributed by atoms with van der Waals surface area (Å²) >= 11 is 0. The number of anilines is 1. The minimum atomic E-state index is 0.649. The highest BCUT2D eigenvalue weighted by molar-refractivity contribution is 5.31. The second-order valence-electron chi connectivity index (χ2n) is 5.78. The van der Waals surface area contributed by atoms with Crippen molar-refractivity contribution in [3.05, 3.63) is 30.1 Å². The summed E-state index contributed by atoms with van der Waals surface area (Å²) in [5.74, 6) is 2.38. The zero-order valence-electron chi connectivity index (χ0n) is 12.5. The van der Waals surface area contributed by atoms with Gasteiger partial charge < -0.3 is 14.8 Å². The Morgan fingerprint density at radius 1 is 1.24 bits per heavy atom. The summed E-state index contributed by atoms with van der Waals surface area (Å²) in [5.41, 5.74) is 1.11. The third kappa shape index (κ3) is 3.36. The molecule has 0 spiro atoms. The molecule has 7 nitrogen and oxygen atoms in total. The van der Waals surface area contributed by atoms with Gasteiger partial charge in [-0.15, -0.1) is 10.2 Å². The van der Waals surface area contributed by atoms with Gasteiger partial charge in [-0.1, -0.05) is 13.8 Å². The molecule has 1 aliphatic rings. The molecule has 3 rings (SSSR count). The smallest absolute Gasteiger partial charge is 0.225 e. The largest absolute Gasteiger partial charge is 0.331 e. The lowest BCUT2D eigenvalue weighted by Gasteiger charge is -2.26. The fourth-order valence-electron chi connectivity index (χ4n) is 2.34. The van der Waals surface area contributed by atoms with E-state index in [1.807, 2.05) is 12.4 Å². The van der Waals surface area contributed by atoms with Gasteiger partial charge in [0.1, 0.15) is 6.33 Å². The number of rotatable bonds is 5. The molecule has 3 heterocycles. The van der Waals surface area contributed by atoms with Crippen molar-refractivity contribution < 1.29 is 0 Å². The van der Waals surface area contributed by atoms with E-state index < -0.39 is 0 Å². The van der Waals surface area contributed by atoms with E-state index >= 15 is 0 Å². The molecule has 7 heteroatoms. The van der Waals surface area contributed by atoms with Crippen LogP contribution < -0.4 is 10.2 Å². The summed E-state index contributed by atoms with van der Waals surface area (Å²) in [4.78, 5) is 11.1. The van der Waals surface area contributed by atoms with E-state index in [1.165, 1.54) is 0 Å². The van der Waals surface area contributed by atoms with Gasteiger partial charge in [0.05, 0.1) is 6.54 Å². The Balaban J connectivity index is 1.60. The molecule has 2 aromatic heterocycles. The van der Waals surface area contributed by atoms with E-state index in [1.54, 1.807) is 6.33 Å². The molecule has 0 saturated heterocycles. The second kappa shape index (κ2) is 6.17. The van der Waals surface area contributed by atoms with Crippen LogP contribution in [-0.4, -0.2) is 37.8 Å². The normalized spacial score (nSPS) is 14.5. The molecule has 2 aromatic rings. The fourth-order valence-corrected chi connectivity index (χ4v) is 2.34. The first kappa shape index (κ1) is 13.9. The minimum absolute atomic E-state index is 0.649. The molecule has 0 aliphatic carbocycles. The lowest BCUT2D eigenvalue weighted by molar-refractivity contribution is 0.546. The Hall–Kier alpha value is -2.02. The van der Waals surface area contributed by atoms with Gasteiger partial charge in [-0.3, -0.25) is 0 Å². The van der Waals surface area contributed by atoms with E-state index in [9.17, 15) is 0 Å². The molecule has 0 saturated carbocycles. The van der Waals surface area contributed by atoms with Crippen LogP contribution in [0.3, 0.4) is 0 Å². The van der Waals surface area contributed by atoms with Crippen LogP contribution in [0, 0.1) is 5.92 Å². The summed E-state index contributed by atoms with van der Waals surface area (Å²) in [6.45, 7) is 8.68. The van der Waals surface area contributed by atoms with Crippen LogP contribution in [0.15, 0.2) is 18.7 Å². The molecular weight excluding hydrogens is 266 g/mol. The molecule has 0 unspecified atom stereocenters. The number of fused-ring (bicyclic) bond motifs is 1. The number of nitrogens with one attached hydrogen (secondary N) is 1. The van der Waals surface area contributed by atoms with Crippen molar-refractivity contribution >= 4 is 5.95 Å². The second-order valence-corrected chi connectivity index (χ2v) is 5.78.